The topological polar surface area (TPSA) is 104 Å². The third-order valence-electron chi connectivity index (χ3n) is 9.28. The molecule has 3 bridgehead atoms. The van der Waals surface area contributed by atoms with Crippen molar-refractivity contribution in [1.82, 2.24) is 4.90 Å². The number of aliphatic hydroxyl groups excluding tert-OH is 1. The molecule has 0 amide bonds. The summed E-state index contributed by atoms with van der Waals surface area (Å²) in [5.41, 5.74) is -1.01. The van der Waals surface area contributed by atoms with Crippen molar-refractivity contribution in [3.63, 3.8) is 0 Å². The summed E-state index contributed by atoms with van der Waals surface area (Å²) in [6, 6.07) is -0.180. The molecule has 0 aromatic carbocycles. The summed E-state index contributed by atoms with van der Waals surface area (Å²) in [5, 5.41) is 11.8. The third-order valence-corrected chi connectivity index (χ3v) is 9.88. The molecular formula is C29H46BrNO8. The minimum atomic E-state index is -1.09. The second-order valence-corrected chi connectivity index (χ2v) is 13.2. The lowest BCUT2D eigenvalue weighted by molar-refractivity contribution is -0.322. The number of rotatable bonds is 5. The fourth-order valence-electron chi connectivity index (χ4n) is 7.16. The molecule has 0 radical (unpaired) electrons. The summed E-state index contributed by atoms with van der Waals surface area (Å²) < 4.78 is 32.4. The van der Waals surface area contributed by atoms with Crippen LogP contribution in [-0.4, -0.2) is 94.9 Å². The molecule has 0 aliphatic carbocycles. The lowest BCUT2D eigenvalue weighted by Gasteiger charge is -2.46. The molecule has 3 fully saturated rings. The third kappa shape index (κ3) is 5.28. The molecule has 1 spiro atoms. The molecule has 12 atom stereocenters. The van der Waals surface area contributed by atoms with E-state index in [9.17, 15) is 14.7 Å². The lowest BCUT2D eigenvalue weighted by atomic mass is 9.79. The van der Waals surface area contributed by atoms with Crippen LogP contribution in [0.1, 0.15) is 67.7 Å². The van der Waals surface area contributed by atoms with Crippen molar-refractivity contribution in [2.24, 2.45) is 17.8 Å². The van der Waals surface area contributed by atoms with E-state index in [1.807, 2.05) is 52.8 Å². The maximum Gasteiger partial charge on any atom is 0.316 e. The number of aliphatic hydroxyl groups is 1. The smallest absolute Gasteiger partial charge is 0.316 e. The largest absolute Gasteiger partial charge is 0.458 e. The Bertz CT molecular complexity index is 990. The highest BCUT2D eigenvalue weighted by molar-refractivity contribution is 9.09. The molecule has 39 heavy (non-hydrogen) atoms. The molecule has 222 valence electrons. The average Bonchev–Trinajstić information content (AvgIpc) is 3.31. The van der Waals surface area contributed by atoms with E-state index in [0.717, 1.165) is 5.57 Å². The van der Waals surface area contributed by atoms with Gasteiger partial charge in [-0.05, 0) is 72.7 Å². The lowest BCUT2D eigenvalue weighted by Crippen LogP contribution is -2.59. The number of hydrogen-bond acceptors (Lipinski definition) is 9. The fraction of sp³-hybridized carbons (Fsp3) is 0.862. The first-order valence-corrected chi connectivity index (χ1v) is 15.3. The molecule has 10 heteroatoms. The van der Waals surface area contributed by atoms with Crippen LogP contribution < -0.4 is 0 Å². The molecule has 3 saturated heterocycles. The number of esters is 1. The highest BCUT2D eigenvalue weighted by Crippen LogP contribution is 2.56. The van der Waals surface area contributed by atoms with Crippen LogP contribution in [0.3, 0.4) is 0 Å². The van der Waals surface area contributed by atoms with Gasteiger partial charge >= 0.3 is 5.97 Å². The summed E-state index contributed by atoms with van der Waals surface area (Å²) in [7, 11) is 3.83. The molecule has 0 saturated carbocycles. The molecule has 4 heterocycles. The molecule has 4 aliphatic heterocycles. The molecule has 0 aromatic rings. The maximum absolute atomic E-state index is 13.8. The predicted molar refractivity (Wildman–Crippen MR) is 148 cm³/mol. The zero-order valence-electron chi connectivity index (χ0n) is 24.7. The van der Waals surface area contributed by atoms with E-state index >= 15 is 0 Å². The standard InChI is InChI=1S/C29H46BrNO8/c1-10-21-27(6)13-19(14-30)29(38-27)15(2)12-28(7,39-29)24(17(4)22(32)18(5)25(34)36-21)37-26-23(33)20(31(8)9)11-16(3)35-26/h13,15-18,20-21,23-24,26,33H,10-12,14H2,1-9H3/t15-,16-,17+,18-,20+,21-,23-,24-,26+,27?,28?,29?/m1/s1. The number of Topliss-reactive ketones (excluding diaryl/α,β-unsaturated/α-hetero) is 1. The van der Waals surface area contributed by atoms with Gasteiger partial charge in [0.2, 0.25) is 0 Å². The van der Waals surface area contributed by atoms with Crippen LogP contribution in [0, 0.1) is 17.8 Å². The number of ether oxygens (including phenoxy) is 5. The van der Waals surface area contributed by atoms with E-state index in [0.29, 0.717) is 24.6 Å². The first-order valence-electron chi connectivity index (χ1n) is 14.2. The van der Waals surface area contributed by atoms with Gasteiger partial charge in [-0.1, -0.05) is 36.7 Å². The Morgan fingerprint density at radius 3 is 2.41 bits per heavy atom. The van der Waals surface area contributed by atoms with Gasteiger partial charge in [-0.2, -0.15) is 0 Å². The monoisotopic (exact) mass is 615 g/mol. The van der Waals surface area contributed by atoms with Crippen LogP contribution in [0.25, 0.3) is 0 Å². The van der Waals surface area contributed by atoms with Crippen molar-refractivity contribution < 1.29 is 38.4 Å². The Hall–Kier alpha value is -0.880. The van der Waals surface area contributed by atoms with E-state index in [1.54, 1.807) is 13.8 Å². The molecule has 3 unspecified atom stereocenters. The Kier molecular flexibility index (Phi) is 8.82. The summed E-state index contributed by atoms with van der Waals surface area (Å²) >= 11 is 3.63. The van der Waals surface area contributed by atoms with Crippen LogP contribution in [0.2, 0.25) is 0 Å². The number of hydrogen-bond donors (Lipinski definition) is 1. The van der Waals surface area contributed by atoms with Gasteiger partial charge in [-0.15, -0.1) is 0 Å². The molecule has 9 nitrogen and oxygen atoms in total. The SMILES string of the molecule is CC[C@H]1OC(=O)[C@H](C)C(=O)[C@H](C)[C@@H](O[C@@H]2O[C@H](C)C[C@H](N(C)C)[C@H]2O)C2(C)C[C@@H](C)C3(OC1(C)C=C3CBr)O2. The maximum atomic E-state index is 13.8. The Labute approximate surface area is 241 Å². The van der Waals surface area contributed by atoms with Crippen molar-refractivity contribution in [2.75, 3.05) is 19.4 Å². The van der Waals surface area contributed by atoms with Gasteiger partial charge in [0.05, 0.1) is 17.8 Å². The molecule has 4 rings (SSSR count). The minimum absolute atomic E-state index is 0.0986. The van der Waals surface area contributed by atoms with Crippen LogP contribution in [0.4, 0.5) is 0 Å². The number of fused-ring (bicyclic) bond motifs is 2. The Morgan fingerprint density at radius 2 is 1.82 bits per heavy atom. The van der Waals surface area contributed by atoms with Crippen LogP contribution >= 0.6 is 15.9 Å². The van der Waals surface area contributed by atoms with Crippen molar-refractivity contribution >= 4 is 27.7 Å². The van der Waals surface area contributed by atoms with Gasteiger partial charge in [-0.25, -0.2) is 0 Å². The number of halogens is 1. The second kappa shape index (κ2) is 11.1. The van der Waals surface area contributed by atoms with E-state index in [4.69, 9.17) is 23.7 Å². The van der Waals surface area contributed by atoms with E-state index in [1.165, 1.54) is 0 Å². The van der Waals surface area contributed by atoms with Crippen LogP contribution in [0.15, 0.2) is 11.6 Å². The zero-order chi connectivity index (χ0) is 29.1. The quantitative estimate of drug-likeness (QED) is 0.215. The normalized spacial score (nSPS) is 48.9. The molecule has 1 N–H and O–H groups in total. The Balaban J connectivity index is 1.79. The number of cyclic esters (lactones) is 1. The first kappa shape index (κ1) is 31.1. The highest BCUT2D eigenvalue weighted by atomic mass is 79.9. The van der Waals surface area contributed by atoms with Gasteiger partial charge in [-0.3, -0.25) is 9.59 Å². The number of carbonyl (C=O) groups excluding carboxylic acids is 2. The van der Waals surface area contributed by atoms with Gasteiger partial charge in [0.1, 0.15) is 23.7 Å². The van der Waals surface area contributed by atoms with Crippen LogP contribution in [-0.2, 0) is 33.3 Å². The number of alkyl halides is 1. The second-order valence-electron chi connectivity index (χ2n) is 12.7. The van der Waals surface area contributed by atoms with Crippen molar-refractivity contribution in [2.45, 2.75) is 121 Å². The van der Waals surface area contributed by atoms with Gasteiger partial charge in [0.15, 0.2) is 17.9 Å². The van der Waals surface area contributed by atoms with Crippen molar-refractivity contribution in [1.29, 1.82) is 0 Å². The number of likely N-dealkylation sites (N-methyl/N-ethyl adjacent to an activating group) is 1. The van der Waals surface area contributed by atoms with Crippen LogP contribution in [0.5, 0.6) is 0 Å². The van der Waals surface area contributed by atoms with Gasteiger partial charge < -0.3 is 33.7 Å². The van der Waals surface area contributed by atoms with E-state index in [-0.39, 0.29) is 23.8 Å². The molecule has 4 aliphatic rings. The summed E-state index contributed by atoms with van der Waals surface area (Å²) in [5.74, 6) is -3.84. The Morgan fingerprint density at radius 1 is 1.15 bits per heavy atom. The predicted octanol–water partition coefficient (Wildman–Crippen LogP) is 3.60. The van der Waals surface area contributed by atoms with Gasteiger partial charge in [0, 0.05) is 23.2 Å². The van der Waals surface area contributed by atoms with Gasteiger partial charge in [0.25, 0.3) is 0 Å². The summed E-state index contributed by atoms with van der Waals surface area (Å²) in [6.07, 6.45) is 0.207. The summed E-state index contributed by atoms with van der Waals surface area (Å²) in [6.45, 7) is 13.1. The average molecular weight is 617 g/mol. The minimum Gasteiger partial charge on any atom is -0.458 e. The first-order chi connectivity index (χ1) is 18.1. The van der Waals surface area contributed by atoms with E-state index in [2.05, 4.69) is 22.9 Å². The molecule has 0 aromatic heterocycles. The number of ketones is 1. The molecular weight excluding hydrogens is 570 g/mol. The zero-order valence-corrected chi connectivity index (χ0v) is 26.3. The number of carbonyl (C=O) groups is 2. The highest BCUT2D eigenvalue weighted by Gasteiger charge is 2.65. The summed E-state index contributed by atoms with van der Waals surface area (Å²) in [4.78, 5) is 29.1. The van der Waals surface area contributed by atoms with Crippen molar-refractivity contribution in [3.8, 4) is 0 Å². The van der Waals surface area contributed by atoms with Crippen molar-refractivity contribution in [3.05, 3.63) is 11.6 Å². The number of nitrogens with zero attached hydrogens (tertiary/aromatic N) is 1. The fourth-order valence-corrected chi connectivity index (χ4v) is 7.72. The van der Waals surface area contributed by atoms with E-state index < -0.39 is 59.4 Å².